The standard InChI is InChI=1S/C24H28N2O5S/c1-32(29,30)22-14-8-7-13-21(22)26-23(27)17-31-24(28)19-11-5-6-12-20(19)25-16-15-18-9-3-2-4-10-18/h5-9,11-14,25H,2-4,10,15-17H2,1H3,(H,26,27). The lowest BCUT2D eigenvalue weighted by Crippen LogP contribution is -2.22. The Kier molecular flexibility index (Phi) is 8.05. The van der Waals surface area contributed by atoms with Crippen LogP contribution >= 0.6 is 0 Å². The van der Waals surface area contributed by atoms with Gasteiger partial charge in [-0.2, -0.15) is 0 Å². The van der Waals surface area contributed by atoms with Crippen LogP contribution in [0.25, 0.3) is 0 Å². The van der Waals surface area contributed by atoms with Gasteiger partial charge in [-0.25, -0.2) is 13.2 Å². The number of benzene rings is 2. The number of ether oxygens (including phenoxy) is 1. The number of rotatable bonds is 9. The molecule has 0 atom stereocenters. The number of carbonyl (C=O) groups is 2. The van der Waals surface area contributed by atoms with Gasteiger partial charge in [0.05, 0.1) is 16.1 Å². The van der Waals surface area contributed by atoms with E-state index >= 15 is 0 Å². The highest BCUT2D eigenvalue weighted by Gasteiger charge is 2.17. The fourth-order valence-corrected chi connectivity index (χ4v) is 4.44. The second-order valence-corrected chi connectivity index (χ2v) is 9.71. The van der Waals surface area contributed by atoms with Crippen LogP contribution in [0.15, 0.2) is 65.1 Å². The van der Waals surface area contributed by atoms with Crippen LogP contribution in [-0.2, 0) is 19.4 Å². The van der Waals surface area contributed by atoms with Crippen LogP contribution in [0.3, 0.4) is 0 Å². The summed E-state index contributed by atoms with van der Waals surface area (Å²) in [6.45, 7) is 0.178. The summed E-state index contributed by atoms with van der Waals surface area (Å²) >= 11 is 0. The van der Waals surface area contributed by atoms with Gasteiger partial charge in [-0.3, -0.25) is 4.79 Å². The van der Waals surface area contributed by atoms with E-state index in [1.807, 2.05) is 6.07 Å². The summed E-state index contributed by atoms with van der Waals surface area (Å²) in [5.74, 6) is -1.25. The van der Waals surface area contributed by atoms with Crippen LogP contribution in [-0.4, -0.2) is 39.7 Å². The summed E-state index contributed by atoms with van der Waals surface area (Å²) in [6, 6.07) is 13.1. The summed E-state index contributed by atoms with van der Waals surface area (Å²) in [5.41, 5.74) is 2.58. The van der Waals surface area contributed by atoms with Gasteiger partial charge in [-0.05, 0) is 56.4 Å². The van der Waals surface area contributed by atoms with Gasteiger partial charge in [0.2, 0.25) is 0 Å². The first-order chi connectivity index (χ1) is 15.3. The van der Waals surface area contributed by atoms with Crippen molar-refractivity contribution >= 4 is 33.1 Å². The van der Waals surface area contributed by atoms with E-state index < -0.39 is 28.3 Å². The third kappa shape index (κ3) is 6.68. The van der Waals surface area contributed by atoms with E-state index in [-0.39, 0.29) is 10.6 Å². The molecular weight excluding hydrogens is 428 g/mol. The van der Waals surface area contributed by atoms with Crippen molar-refractivity contribution in [3.8, 4) is 0 Å². The number of hydrogen-bond donors (Lipinski definition) is 2. The molecule has 170 valence electrons. The molecule has 0 unspecified atom stereocenters. The molecule has 1 aliphatic rings. The Bertz CT molecular complexity index is 1110. The molecule has 1 amide bonds. The molecule has 0 radical (unpaired) electrons. The molecule has 3 rings (SSSR count). The van der Waals surface area contributed by atoms with E-state index in [1.165, 1.54) is 30.5 Å². The van der Waals surface area contributed by atoms with Crippen molar-refractivity contribution in [2.24, 2.45) is 0 Å². The zero-order valence-electron chi connectivity index (χ0n) is 18.1. The molecule has 0 bridgehead atoms. The first kappa shape index (κ1) is 23.5. The molecule has 2 aromatic carbocycles. The molecule has 0 aromatic heterocycles. The number of anilines is 2. The third-order valence-electron chi connectivity index (χ3n) is 5.19. The zero-order chi connectivity index (χ0) is 23.0. The number of sulfone groups is 1. The summed E-state index contributed by atoms with van der Waals surface area (Å²) in [4.78, 5) is 24.8. The first-order valence-corrected chi connectivity index (χ1v) is 12.5. The maximum Gasteiger partial charge on any atom is 0.340 e. The van der Waals surface area contributed by atoms with Crippen LogP contribution in [0.1, 0.15) is 42.5 Å². The molecule has 1 aliphatic carbocycles. The van der Waals surface area contributed by atoms with Gasteiger partial charge in [-0.1, -0.05) is 35.9 Å². The molecule has 8 heteroatoms. The number of esters is 1. The minimum Gasteiger partial charge on any atom is -0.452 e. The number of amides is 1. The van der Waals surface area contributed by atoms with E-state index in [0.29, 0.717) is 17.8 Å². The molecule has 0 fully saturated rings. The Morgan fingerprint density at radius 1 is 1.00 bits per heavy atom. The third-order valence-corrected chi connectivity index (χ3v) is 6.34. The summed E-state index contributed by atoms with van der Waals surface area (Å²) in [7, 11) is -3.51. The number of carbonyl (C=O) groups excluding carboxylic acids is 2. The van der Waals surface area contributed by atoms with Crippen LogP contribution in [0, 0.1) is 0 Å². The molecule has 0 saturated carbocycles. The smallest absolute Gasteiger partial charge is 0.340 e. The summed E-state index contributed by atoms with van der Waals surface area (Å²) in [6.07, 6.45) is 9.02. The lowest BCUT2D eigenvalue weighted by Gasteiger charge is -2.15. The predicted octanol–water partition coefficient (Wildman–Crippen LogP) is 4.19. The lowest BCUT2D eigenvalue weighted by molar-refractivity contribution is -0.119. The van der Waals surface area contributed by atoms with Gasteiger partial charge in [-0.15, -0.1) is 0 Å². The lowest BCUT2D eigenvalue weighted by atomic mass is 9.97. The molecule has 2 aromatic rings. The average Bonchev–Trinajstić information content (AvgIpc) is 2.78. The van der Waals surface area contributed by atoms with Gasteiger partial charge in [0, 0.05) is 18.5 Å². The van der Waals surface area contributed by atoms with Crippen molar-refractivity contribution in [3.05, 3.63) is 65.7 Å². The Morgan fingerprint density at radius 3 is 2.44 bits per heavy atom. The number of para-hydroxylation sites is 2. The summed E-state index contributed by atoms with van der Waals surface area (Å²) in [5, 5.41) is 5.78. The molecule has 0 saturated heterocycles. The largest absolute Gasteiger partial charge is 0.452 e. The zero-order valence-corrected chi connectivity index (χ0v) is 18.9. The maximum atomic E-state index is 12.6. The van der Waals surface area contributed by atoms with Gasteiger partial charge in [0.25, 0.3) is 5.91 Å². The van der Waals surface area contributed by atoms with Gasteiger partial charge in [0.1, 0.15) is 0 Å². The molecular formula is C24H28N2O5S. The summed E-state index contributed by atoms with van der Waals surface area (Å²) < 4.78 is 28.9. The minimum absolute atomic E-state index is 0.00213. The van der Waals surface area contributed by atoms with Crippen molar-refractivity contribution in [1.29, 1.82) is 0 Å². The fraction of sp³-hybridized carbons (Fsp3) is 0.333. The number of hydrogen-bond acceptors (Lipinski definition) is 6. The second kappa shape index (κ2) is 10.9. The van der Waals surface area contributed by atoms with Gasteiger partial charge >= 0.3 is 5.97 Å². The molecule has 7 nitrogen and oxygen atoms in total. The SMILES string of the molecule is CS(=O)(=O)c1ccccc1NC(=O)COC(=O)c1ccccc1NCCC1=CCCCC1. The molecule has 32 heavy (non-hydrogen) atoms. The quantitative estimate of drug-likeness (QED) is 0.433. The Morgan fingerprint density at radius 2 is 1.72 bits per heavy atom. The van der Waals surface area contributed by atoms with Gasteiger partial charge < -0.3 is 15.4 Å². The monoisotopic (exact) mass is 456 g/mol. The van der Waals surface area contributed by atoms with Crippen molar-refractivity contribution in [3.63, 3.8) is 0 Å². The molecule has 0 aliphatic heterocycles. The fourth-order valence-electron chi connectivity index (χ4n) is 3.59. The van der Waals surface area contributed by atoms with Crippen LogP contribution in [0.4, 0.5) is 11.4 Å². The minimum atomic E-state index is -3.51. The van der Waals surface area contributed by atoms with Crippen molar-refractivity contribution in [1.82, 2.24) is 0 Å². The Balaban J connectivity index is 1.56. The maximum absolute atomic E-state index is 12.6. The number of nitrogens with one attached hydrogen (secondary N) is 2. The van der Waals surface area contributed by atoms with Crippen molar-refractivity contribution < 1.29 is 22.7 Å². The van der Waals surface area contributed by atoms with Crippen LogP contribution < -0.4 is 10.6 Å². The van der Waals surface area contributed by atoms with E-state index in [0.717, 1.165) is 25.5 Å². The Labute approximate surface area is 188 Å². The molecule has 2 N–H and O–H groups in total. The number of allylic oxidation sites excluding steroid dienone is 1. The highest BCUT2D eigenvalue weighted by atomic mass is 32.2. The Hall–Kier alpha value is -3.13. The van der Waals surface area contributed by atoms with E-state index in [4.69, 9.17) is 4.74 Å². The predicted molar refractivity (Wildman–Crippen MR) is 125 cm³/mol. The van der Waals surface area contributed by atoms with Crippen molar-refractivity contribution in [2.45, 2.75) is 37.0 Å². The first-order valence-electron chi connectivity index (χ1n) is 10.6. The van der Waals surface area contributed by atoms with E-state index in [2.05, 4.69) is 16.7 Å². The van der Waals surface area contributed by atoms with E-state index in [1.54, 1.807) is 30.3 Å². The van der Waals surface area contributed by atoms with E-state index in [9.17, 15) is 18.0 Å². The van der Waals surface area contributed by atoms with Gasteiger partial charge in [0.15, 0.2) is 16.4 Å². The van der Waals surface area contributed by atoms with Crippen LogP contribution in [0.5, 0.6) is 0 Å². The van der Waals surface area contributed by atoms with Crippen molar-refractivity contribution in [2.75, 3.05) is 30.0 Å². The van der Waals surface area contributed by atoms with Crippen LogP contribution in [0.2, 0.25) is 0 Å². The topological polar surface area (TPSA) is 102 Å². The highest BCUT2D eigenvalue weighted by Crippen LogP contribution is 2.22. The molecule has 0 spiro atoms. The second-order valence-electron chi connectivity index (χ2n) is 7.72. The molecule has 0 heterocycles. The highest BCUT2D eigenvalue weighted by molar-refractivity contribution is 7.90. The normalized spacial score (nSPS) is 13.7. The average molecular weight is 457 g/mol.